The van der Waals surface area contributed by atoms with E-state index in [1.807, 2.05) is 54.6 Å². The second kappa shape index (κ2) is 10.6. The molecule has 0 atom stereocenters. The lowest BCUT2D eigenvalue weighted by Gasteiger charge is -2.17. The predicted octanol–water partition coefficient (Wildman–Crippen LogP) is 5.88. The number of rotatable bonds is 7. The van der Waals surface area contributed by atoms with Crippen LogP contribution < -0.4 is 19.7 Å². The molecular weight excluding hydrogens is 600 g/mol. The van der Waals surface area contributed by atoms with E-state index in [2.05, 4.69) is 32.9 Å². The van der Waals surface area contributed by atoms with E-state index in [9.17, 15) is 9.59 Å². The van der Waals surface area contributed by atoms with Gasteiger partial charge in [0, 0.05) is 20.6 Å². The summed E-state index contributed by atoms with van der Waals surface area (Å²) in [6.07, 6.45) is 2.07. The Morgan fingerprint density at radius 3 is 2.51 bits per heavy atom. The molecule has 2 aromatic heterocycles. The van der Waals surface area contributed by atoms with E-state index >= 15 is 0 Å². The summed E-state index contributed by atoms with van der Waals surface area (Å²) in [5.74, 6) is 0.989. The van der Waals surface area contributed by atoms with Gasteiger partial charge in [-0.25, -0.2) is 0 Å². The van der Waals surface area contributed by atoms with Crippen molar-refractivity contribution in [2.75, 3.05) is 11.5 Å². The summed E-state index contributed by atoms with van der Waals surface area (Å²) < 4.78 is 8.14. The van der Waals surface area contributed by atoms with Gasteiger partial charge in [0.1, 0.15) is 10.3 Å². The number of amides is 1. The fourth-order valence-electron chi connectivity index (χ4n) is 4.49. The van der Waals surface area contributed by atoms with E-state index in [4.69, 9.17) is 16.3 Å². The molecule has 39 heavy (non-hydrogen) atoms. The lowest BCUT2D eigenvalue weighted by atomic mass is 10.1. The third-order valence-corrected chi connectivity index (χ3v) is 8.27. The minimum absolute atomic E-state index is 0.237. The van der Waals surface area contributed by atoms with Crippen LogP contribution >= 0.6 is 38.9 Å². The van der Waals surface area contributed by atoms with Crippen LogP contribution in [0.5, 0.6) is 5.75 Å². The molecular formula is C29H22BrClN4O3S. The average Bonchev–Trinajstić information content (AvgIpc) is 3.56. The number of ether oxygens (including phenoxy) is 1. The molecule has 0 aliphatic carbocycles. The molecule has 5 aromatic rings. The van der Waals surface area contributed by atoms with Crippen molar-refractivity contribution >= 4 is 61.0 Å². The third kappa shape index (κ3) is 4.86. The Morgan fingerprint density at radius 2 is 1.79 bits per heavy atom. The van der Waals surface area contributed by atoms with Crippen LogP contribution in [0.4, 0.5) is 5.69 Å². The zero-order valence-electron chi connectivity index (χ0n) is 20.9. The van der Waals surface area contributed by atoms with Gasteiger partial charge in [-0.1, -0.05) is 64.3 Å². The first-order valence-corrected chi connectivity index (χ1v) is 14.4. The smallest absolute Gasteiger partial charge is 0.291 e. The van der Waals surface area contributed by atoms with Gasteiger partial charge < -0.3 is 9.64 Å². The van der Waals surface area contributed by atoms with Gasteiger partial charge in [0.05, 0.1) is 24.4 Å². The van der Waals surface area contributed by atoms with Gasteiger partial charge in [0.15, 0.2) is 5.82 Å². The highest BCUT2D eigenvalue weighted by molar-refractivity contribution is 9.10. The number of benzene rings is 3. The van der Waals surface area contributed by atoms with Gasteiger partial charge in [0.2, 0.25) is 4.96 Å². The SMILES string of the molecule is CCCCOc1ccc(-c2nc3sc(=C4C(=O)N(Cc5ccc(Cl)cc5)c5ccc(Br)cc54)c(=O)n3n2)cc1. The number of hydrogen-bond donors (Lipinski definition) is 0. The number of fused-ring (bicyclic) bond motifs is 2. The van der Waals surface area contributed by atoms with Crippen LogP contribution in [0.15, 0.2) is 76.0 Å². The molecule has 0 bridgehead atoms. The minimum atomic E-state index is -0.365. The fourth-order valence-corrected chi connectivity index (χ4v) is 5.98. The quantitative estimate of drug-likeness (QED) is 0.212. The largest absolute Gasteiger partial charge is 0.494 e. The lowest BCUT2D eigenvalue weighted by Crippen LogP contribution is -2.32. The molecule has 0 fully saturated rings. The molecule has 6 rings (SSSR count). The summed E-state index contributed by atoms with van der Waals surface area (Å²) in [5, 5.41) is 5.10. The van der Waals surface area contributed by atoms with E-state index < -0.39 is 0 Å². The molecule has 0 saturated carbocycles. The molecule has 1 aliphatic heterocycles. The highest BCUT2D eigenvalue weighted by Crippen LogP contribution is 2.38. The molecule has 0 N–H and O–H groups in total. The van der Waals surface area contributed by atoms with Crippen LogP contribution in [0.3, 0.4) is 0 Å². The topological polar surface area (TPSA) is 76.8 Å². The maximum absolute atomic E-state index is 13.8. The number of carbonyl (C=O) groups excluding carboxylic acids is 1. The molecule has 3 heterocycles. The molecule has 0 unspecified atom stereocenters. The first kappa shape index (κ1) is 25.7. The highest BCUT2D eigenvalue weighted by Gasteiger charge is 2.34. The summed E-state index contributed by atoms with van der Waals surface area (Å²) in [4.78, 5) is 34.0. The number of anilines is 1. The van der Waals surface area contributed by atoms with Gasteiger partial charge in [-0.15, -0.1) is 5.10 Å². The number of halogens is 2. The Bertz CT molecular complexity index is 1820. The average molecular weight is 622 g/mol. The summed E-state index contributed by atoms with van der Waals surface area (Å²) in [5.41, 5.74) is 3.15. The minimum Gasteiger partial charge on any atom is -0.494 e. The summed E-state index contributed by atoms with van der Waals surface area (Å²) in [7, 11) is 0. The number of hydrogen-bond acceptors (Lipinski definition) is 6. The molecule has 0 radical (unpaired) electrons. The van der Waals surface area contributed by atoms with E-state index in [-0.39, 0.29) is 11.5 Å². The number of unbranched alkanes of at least 4 members (excludes halogenated alkanes) is 1. The summed E-state index contributed by atoms with van der Waals surface area (Å²) in [6.45, 7) is 3.14. The van der Waals surface area contributed by atoms with E-state index in [1.165, 1.54) is 15.9 Å². The third-order valence-electron chi connectivity index (χ3n) is 6.50. The summed E-state index contributed by atoms with van der Waals surface area (Å²) in [6, 6.07) is 20.5. The zero-order chi connectivity index (χ0) is 27.1. The second-order valence-electron chi connectivity index (χ2n) is 9.15. The molecule has 7 nitrogen and oxygen atoms in total. The zero-order valence-corrected chi connectivity index (χ0v) is 24.0. The Hall–Kier alpha value is -3.53. The van der Waals surface area contributed by atoms with Crippen molar-refractivity contribution in [2.24, 2.45) is 0 Å². The predicted molar refractivity (Wildman–Crippen MR) is 157 cm³/mol. The monoisotopic (exact) mass is 620 g/mol. The van der Waals surface area contributed by atoms with Crippen LogP contribution in [0, 0.1) is 0 Å². The fraction of sp³-hybridized carbons (Fsp3) is 0.172. The van der Waals surface area contributed by atoms with Crippen molar-refractivity contribution in [3.63, 3.8) is 0 Å². The van der Waals surface area contributed by atoms with Crippen molar-refractivity contribution in [3.05, 3.63) is 102 Å². The van der Waals surface area contributed by atoms with Crippen LogP contribution in [0.1, 0.15) is 30.9 Å². The van der Waals surface area contributed by atoms with E-state index in [0.29, 0.717) is 44.6 Å². The first-order valence-electron chi connectivity index (χ1n) is 12.5. The number of nitrogens with zero attached hydrogens (tertiary/aromatic N) is 4. The molecule has 3 aromatic carbocycles. The Labute approximate surface area is 241 Å². The second-order valence-corrected chi connectivity index (χ2v) is 11.5. The Balaban J connectivity index is 1.39. The van der Waals surface area contributed by atoms with Gasteiger partial charge in [0.25, 0.3) is 11.5 Å². The van der Waals surface area contributed by atoms with Crippen molar-refractivity contribution < 1.29 is 9.53 Å². The Morgan fingerprint density at radius 1 is 1.03 bits per heavy atom. The van der Waals surface area contributed by atoms with Gasteiger partial charge in [-0.2, -0.15) is 9.50 Å². The molecule has 1 aliphatic rings. The number of thiazole rings is 1. The normalized spacial score (nSPS) is 14.3. The van der Waals surface area contributed by atoms with Gasteiger partial charge in [-0.3, -0.25) is 9.59 Å². The molecule has 0 spiro atoms. The van der Waals surface area contributed by atoms with Crippen LogP contribution in [0.2, 0.25) is 5.02 Å². The lowest BCUT2D eigenvalue weighted by molar-refractivity contribution is -0.113. The van der Waals surface area contributed by atoms with Crippen molar-refractivity contribution in [3.8, 4) is 17.1 Å². The highest BCUT2D eigenvalue weighted by atomic mass is 79.9. The van der Waals surface area contributed by atoms with Crippen molar-refractivity contribution in [1.82, 2.24) is 14.6 Å². The van der Waals surface area contributed by atoms with Crippen LogP contribution in [0.25, 0.3) is 21.9 Å². The molecule has 10 heteroatoms. The maximum Gasteiger partial charge on any atom is 0.291 e. The van der Waals surface area contributed by atoms with Crippen molar-refractivity contribution in [1.29, 1.82) is 0 Å². The summed E-state index contributed by atoms with van der Waals surface area (Å²) >= 11 is 10.7. The van der Waals surface area contributed by atoms with Gasteiger partial charge in [-0.05, 0) is 66.6 Å². The molecule has 196 valence electrons. The number of carbonyl (C=O) groups is 1. The Kier molecular flexibility index (Phi) is 6.97. The molecule has 1 amide bonds. The van der Waals surface area contributed by atoms with E-state index in [1.54, 1.807) is 17.0 Å². The van der Waals surface area contributed by atoms with Gasteiger partial charge >= 0.3 is 0 Å². The maximum atomic E-state index is 13.8. The van der Waals surface area contributed by atoms with Crippen molar-refractivity contribution in [2.45, 2.75) is 26.3 Å². The first-order chi connectivity index (χ1) is 18.9. The number of aromatic nitrogens is 3. The van der Waals surface area contributed by atoms with Crippen LogP contribution in [-0.2, 0) is 11.3 Å². The molecule has 0 saturated heterocycles. The standard InChI is InChI=1S/C29H22BrClN4O3S/c1-2-3-14-38-21-11-6-18(7-12-21)26-32-29-35(33-26)28(37)25(39-29)24-22-15-19(30)8-13-23(22)34(27(24)36)16-17-4-9-20(31)10-5-17/h4-13,15H,2-3,14,16H2,1H3. The van der Waals surface area contributed by atoms with E-state index in [0.717, 1.165) is 39.9 Å². The van der Waals surface area contributed by atoms with Crippen LogP contribution in [-0.4, -0.2) is 27.1 Å².